The van der Waals surface area contributed by atoms with Gasteiger partial charge < -0.3 is 4.74 Å². The molecule has 112 valence electrons. The molecule has 0 N–H and O–H groups in total. The summed E-state index contributed by atoms with van der Waals surface area (Å²) in [6.45, 7) is 0. The molecule has 2 aliphatic heterocycles. The third-order valence-corrected chi connectivity index (χ3v) is 5.24. The van der Waals surface area contributed by atoms with E-state index in [0.717, 1.165) is 31.1 Å². The molecule has 0 spiro atoms. The van der Waals surface area contributed by atoms with Crippen LogP contribution in [0, 0.1) is 5.92 Å². The summed E-state index contributed by atoms with van der Waals surface area (Å²) in [5, 5.41) is 0. The SMILES string of the molecule is COC(=O)[C@@H]1C2CCC(C[C@@H]1c1ccc(C=O)cc1)N2C. The lowest BCUT2D eigenvalue weighted by Crippen LogP contribution is -2.49. The number of carbonyl (C=O) groups excluding carboxylic acids is 2. The number of carbonyl (C=O) groups is 2. The Balaban J connectivity index is 1.94. The molecule has 3 rings (SSSR count). The van der Waals surface area contributed by atoms with E-state index in [2.05, 4.69) is 11.9 Å². The summed E-state index contributed by atoms with van der Waals surface area (Å²) in [6, 6.07) is 8.44. The van der Waals surface area contributed by atoms with E-state index in [4.69, 9.17) is 4.74 Å². The van der Waals surface area contributed by atoms with E-state index < -0.39 is 0 Å². The predicted molar refractivity (Wildman–Crippen MR) is 79.3 cm³/mol. The Morgan fingerprint density at radius 2 is 2.00 bits per heavy atom. The number of esters is 1. The normalized spacial score (nSPS) is 31.9. The summed E-state index contributed by atoms with van der Waals surface area (Å²) in [7, 11) is 3.58. The van der Waals surface area contributed by atoms with Crippen molar-refractivity contribution < 1.29 is 14.3 Å². The van der Waals surface area contributed by atoms with Crippen molar-refractivity contribution in [2.24, 2.45) is 5.92 Å². The van der Waals surface area contributed by atoms with Crippen LogP contribution in [0.25, 0.3) is 0 Å². The van der Waals surface area contributed by atoms with Gasteiger partial charge in [-0.2, -0.15) is 0 Å². The summed E-state index contributed by atoms with van der Waals surface area (Å²) >= 11 is 0. The van der Waals surface area contributed by atoms with Gasteiger partial charge in [0.2, 0.25) is 0 Å². The first-order valence-corrected chi connectivity index (χ1v) is 7.50. The minimum Gasteiger partial charge on any atom is -0.469 e. The Hall–Kier alpha value is -1.68. The molecule has 2 fully saturated rings. The van der Waals surface area contributed by atoms with Crippen LogP contribution in [0.15, 0.2) is 24.3 Å². The van der Waals surface area contributed by atoms with Crippen LogP contribution in [0.4, 0.5) is 0 Å². The van der Waals surface area contributed by atoms with Crippen LogP contribution in [-0.4, -0.2) is 43.4 Å². The molecule has 1 aromatic carbocycles. The standard InChI is InChI=1S/C17H21NO3/c1-18-13-7-8-15(18)16(17(20)21-2)14(9-13)12-5-3-11(10-19)4-6-12/h3-6,10,13-16H,7-9H2,1-2H3/t13?,14-,15?,16+/m1/s1. The van der Waals surface area contributed by atoms with Crippen LogP contribution in [0.1, 0.15) is 41.1 Å². The highest BCUT2D eigenvalue weighted by atomic mass is 16.5. The van der Waals surface area contributed by atoms with Crippen LogP contribution in [0.2, 0.25) is 0 Å². The Morgan fingerprint density at radius 1 is 1.29 bits per heavy atom. The minimum absolute atomic E-state index is 0.110. The summed E-state index contributed by atoms with van der Waals surface area (Å²) in [5.74, 6) is -0.0376. The second-order valence-corrected chi connectivity index (χ2v) is 6.14. The lowest BCUT2D eigenvalue weighted by Gasteiger charge is -2.41. The molecule has 0 amide bonds. The number of rotatable bonds is 3. The summed E-state index contributed by atoms with van der Waals surface area (Å²) < 4.78 is 5.06. The van der Waals surface area contributed by atoms with Gasteiger partial charge in [-0.05, 0) is 31.9 Å². The Labute approximate surface area is 125 Å². The second-order valence-electron chi connectivity index (χ2n) is 6.14. The first-order chi connectivity index (χ1) is 10.2. The number of fused-ring (bicyclic) bond motifs is 2. The number of methoxy groups -OCH3 is 1. The smallest absolute Gasteiger partial charge is 0.310 e. The molecule has 2 bridgehead atoms. The van der Waals surface area contributed by atoms with Crippen molar-refractivity contribution in [3.63, 3.8) is 0 Å². The summed E-state index contributed by atoms with van der Waals surface area (Å²) in [5.41, 5.74) is 1.81. The van der Waals surface area contributed by atoms with E-state index >= 15 is 0 Å². The van der Waals surface area contributed by atoms with Crippen molar-refractivity contribution >= 4 is 12.3 Å². The van der Waals surface area contributed by atoms with Crippen molar-refractivity contribution in [1.29, 1.82) is 0 Å². The third-order valence-electron chi connectivity index (χ3n) is 5.24. The molecule has 2 unspecified atom stereocenters. The van der Waals surface area contributed by atoms with Gasteiger partial charge in [-0.15, -0.1) is 0 Å². The number of hydrogen-bond acceptors (Lipinski definition) is 4. The average molecular weight is 287 g/mol. The molecule has 2 saturated heterocycles. The maximum absolute atomic E-state index is 12.3. The monoisotopic (exact) mass is 287 g/mol. The van der Waals surface area contributed by atoms with Crippen molar-refractivity contribution in [1.82, 2.24) is 4.90 Å². The summed E-state index contributed by atoms with van der Waals surface area (Å²) in [6.07, 6.45) is 4.04. The van der Waals surface area contributed by atoms with Gasteiger partial charge in [0.25, 0.3) is 0 Å². The number of piperidine rings is 1. The van der Waals surface area contributed by atoms with E-state index in [9.17, 15) is 9.59 Å². The zero-order chi connectivity index (χ0) is 15.0. The lowest BCUT2D eigenvalue weighted by molar-refractivity contribution is -0.150. The van der Waals surface area contributed by atoms with Crippen molar-refractivity contribution in [2.45, 2.75) is 37.3 Å². The zero-order valence-electron chi connectivity index (χ0n) is 12.5. The van der Waals surface area contributed by atoms with Crippen LogP contribution in [-0.2, 0) is 9.53 Å². The predicted octanol–water partition coefficient (Wildman–Crippen LogP) is 2.24. The van der Waals surface area contributed by atoms with Gasteiger partial charge in [0.15, 0.2) is 0 Å². The maximum Gasteiger partial charge on any atom is 0.310 e. The van der Waals surface area contributed by atoms with Crippen molar-refractivity contribution in [3.05, 3.63) is 35.4 Å². The molecule has 0 aliphatic carbocycles. The highest BCUT2D eigenvalue weighted by molar-refractivity contribution is 5.76. The molecule has 2 heterocycles. The van der Waals surface area contributed by atoms with Gasteiger partial charge in [0.05, 0.1) is 13.0 Å². The fraction of sp³-hybridized carbons (Fsp3) is 0.529. The Kier molecular flexibility index (Phi) is 3.81. The fourth-order valence-corrected chi connectivity index (χ4v) is 4.09. The number of aldehydes is 1. The van der Waals surface area contributed by atoms with Crippen LogP contribution in [0.5, 0.6) is 0 Å². The summed E-state index contributed by atoms with van der Waals surface area (Å²) in [4.78, 5) is 25.4. The van der Waals surface area contributed by atoms with Gasteiger partial charge in [-0.1, -0.05) is 24.3 Å². The average Bonchev–Trinajstić information content (AvgIpc) is 2.76. The topological polar surface area (TPSA) is 46.6 Å². The minimum atomic E-state index is -0.114. The molecule has 0 aromatic heterocycles. The highest BCUT2D eigenvalue weighted by Gasteiger charge is 2.49. The fourth-order valence-electron chi connectivity index (χ4n) is 4.09. The van der Waals surface area contributed by atoms with Gasteiger partial charge in [0.1, 0.15) is 6.29 Å². The maximum atomic E-state index is 12.3. The quantitative estimate of drug-likeness (QED) is 0.632. The van der Waals surface area contributed by atoms with Crippen molar-refractivity contribution in [3.8, 4) is 0 Å². The number of ether oxygens (including phenoxy) is 1. The molecule has 4 heteroatoms. The molecule has 1 aromatic rings. The van der Waals surface area contributed by atoms with E-state index in [-0.39, 0.29) is 23.8 Å². The van der Waals surface area contributed by atoms with Gasteiger partial charge >= 0.3 is 5.97 Å². The largest absolute Gasteiger partial charge is 0.469 e. The first kappa shape index (κ1) is 14.3. The van der Waals surface area contributed by atoms with Gasteiger partial charge in [0, 0.05) is 23.6 Å². The molecule has 4 atom stereocenters. The molecule has 0 radical (unpaired) electrons. The molecule has 21 heavy (non-hydrogen) atoms. The van der Waals surface area contributed by atoms with E-state index in [1.54, 1.807) is 0 Å². The number of hydrogen-bond donors (Lipinski definition) is 0. The number of nitrogens with zero attached hydrogens (tertiary/aromatic N) is 1. The third kappa shape index (κ3) is 2.38. The zero-order valence-corrected chi connectivity index (χ0v) is 12.5. The molecular formula is C17H21NO3. The van der Waals surface area contributed by atoms with Crippen LogP contribution in [0.3, 0.4) is 0 Å². The van der Waals surface area contributed by atoms with Crippen LogP contribution >= 0.6 is 0 Å². The van der Waals surface area contributed by atoms with E-state index in [1.807, 2.05) is 24.3 Å². The Morgan fingerprint density at radius 3 is 2.62 bits per heavy atom. The highest BCUT2D eigenvalue weighted by Crippen LogP contribution is 2.46. The van der Waals surface area contributed by atoms with Crippen molar-refractivity contribution in [2.75, 3.05) is 14.2 Å². The van der Waals surface area contributed by atoms with Gasteiger partial charge in [-0.3, -0.25) is 14.5 Å². The molecule has 0 saturated carbocycles. The first-order valence-electron chi connectivity index (χ1n) is 7.50. The van der Waals surface area contributed by atoms with E-state index in [0.29, 0.717) is 11.6 Å². The van der Waals surface area contributed by atoms with E-state index in [1.165, 1.54) is 7.11 Å². The van der Waals surface area contributed by atoms with Crippen LogP contribution < -0.4 is 0 Å². The second kappa shape index (κ2) is 5.60. The molecule has 4 nitrogen and oxygen atoms in total. The lowest BCUT2D eigenvalue weighted by atomic mass is 9.76. The molecule has 2 aliphatic rings. The molecular weight excluding hydrogens is 266 g/mol. The van der Waals surface area contributed by atoms with Gasteiger partial charge in [-0.25, -0.2) is 0 Å². The number of benzene rings is 1. The Bertz CT molecular complexity index is 539.